The first-order valence-electron chi connectivity index (χ1n) is 3.49. The summed E-state index contributed by atoms with van der Waals surface area (Å²) < 4.78 is 0.904. The van der Waals surface area contributed by atoms with Gasteiger partial charge in [0.25, 0.3) is 0 Å². The van der Waals surface area contributed by atoms with E-state index in [9.17, 15) is 4.79 Å². The highest BCUT2D eigenvalue weighted by atomic mass is 127. The van der Waals surface area contributed by atoms with Crippen LogP contribution in [-0.2, 0) is 4.79 Å². The average molecular weight is 255 g/mol. The Morgan fingerprint density at radius 2 is 2.20 bits per heavy atom. The molecule has 0 atom stereocenters. The molecule has 3 heteroatoms. The van der Waals surface area contributed by atoms with Gasteiger partial charge in [-0.15, -0.1) is 0 Å². The molecule has 1 amide bonds. The van der Waals surface area contributed by atoms with Crippen LogP contribution in [0.2, 0.25) is 0 Å². The molecule has 0 aromatic rings. The Kier molecular flexibility index (Phi) is 6.06. The second-order valence-corrected chi connectivity index (χ2v) is 3.72. The van der Waals surface area contributed by atoms with Crippen LogP contribution in [0.15, 0.2) is 0 Å². The highest BCUT2D eigenvalue weighted by Crippen LogP contribution is 1.90. The number of carbonyl (C=O) groups excluding carboxylic acids is 1. The lowest BCUT2D eigenvalue weighted by molar-refractivity contribution is -0.120. The summed E-state index contributed by atoms with van der Waals surface area (Å²) >= 11 is 2.20. The SMILES string of the molecule is CC(C)CNC(=O)CCI. The number of alkyl halides is 1. The van der Waals surface area contributed by atoms with Gasteiger partial charge in [0.05, 0.1) is 0 Å². The van der Waals surface area contributed by atoms with Crippen LogP contribution in [0, 0.1) is 5.92 Å². The third kappa shape index (κ3) is 6.32. The predicted molar refractivity (Wildman–Crippen MR) is 51.4 cm³/mol. The molecule has 10 heavy (non-hydrogen) atoms. The second kappa shape index (κ2) is 5.95. The maximum Gasteiger partial charge on any atom is 0.220 e. The van der Waals surface area contributed by atoms with Crippen molar-refractivity contribution in [3.05, 3.63) is 0 Å². The second-order valence-electron chi connectivity index (χ2n) is 2.64. The summed E-state index contributed by atoms with van der Waals surface area (Å²) in [4.78, 5) is 10.8. The Hall–Kier alpha value is 0.200. The van der Waals surface area contributed by atoms with Gasteiger partial charge in [0.1, 0.15) is 0 Å². The number of hydrogen-bond donors (Lipinski definition) is 1. The molecule has 0 aliphatic heterocycles. The number of carbonyl (C=O) groups is 1. The van der Waals surface area contributed by atoms with E-state index in [0.717, 1.165) is 11.0 Å². The minimum Gasteiger partial charge on any atom is -0.356 e. The highest BCUT2D eigenvalue weighted by Gasteiger charge is 1.99. The molecule has 0 bridgehead atoms. The Labute approximate surface area is 75.9 Å². The maximum absolute atomic E-state index is 10.8. The first-order valence-corrected chi connectivity index (χ1v) is 5.02. The van der Waals surface area contributed by atoms with Crippen molar-refractivity contribution >= 4 is 28.5 Å². The van der Waals surface area contributed by atoms with Crippen molar-refractivity contribution in [1.29, 1.82) is 0 Å². The lowest BCUT2D eigenvalue weighted by Gasteiger charge is -2.05. The normalized spacial score (nSPS) is 10.0. The summed E-state index contributed by atoms with van der Waals surface area (Å²) in [5.74, 6) is 0.723. The molecule has 0 rings (SSSR count). The van der Waals surface area contributed by atoms with E-state index in [0.29, 0.717) is 12.3 Å². The van der Waals surface area contributed by atoms with Gasteiger partial charge in [0.15, 0.2) is 0 Å². The standard InChI is InChI=1S/C7H14INO/c1-6(2)5-9-7(10)3-4-8/h6H,3-5H2,1-2H3,(H,9,10). The van der Waals surface area contributed by atoms with Gasteiger partial charge in [-0.05, 0) is 5.92 Å². The fraction of sp³-hybridized carbons (Fsp3) is 0.857. The predicted octanol–water partition coefficient (Wildman–Crippen LogP) is 1.58. The van der Waals surface area contributed by atoms with Gasteiger partial charge >= 0.3 is 0 Å². The Balaban J connectivity index is 3.22. The fourth-order valence-electron chi connectivity index (χ4n) is 0.492. The van der Waals surface area contributed by atoms with Crippen molar-refractivity contribution in [2.45, 2.75) is 20.3 Å². The summed E-state index contributed by atoms with van der Waals surface area (Å²) in [6, 6.07) is 0. The Bertz CT molecular complexity index is 104. The monoisotopic (exact) mass is 255 g/mol. The van der Waals surface area contributed by atoms with Crippen LogP contribution in [0.1, 0.15) is 20.3 Å². The zero-order valence-electron chi connectivity index (χ0n) is 6.48. The molecule has 60 valence electrons. The molecule has 2 nitrogen and oxygen atoms in total. The summed E-state index contributed by atoms with van der Waals surface area (Å²) in [6.07, 6.45) is 0.646. The number of halogens is 1. The largest absolute Gasteiger partial charge is 0.356 e. The van der Waals surface area contributed by atoms with E-state index in [1.807, 2.05) is 0 Å². The Morgan fingerprint density at radius 3 is 2.60 bits per heavy atom. The molecule has 0 aliphatic carbocycles. The fourth-order valence-corrected chi connectivity index (χ4v) is 0.982. The molecule has 0 saturated carbocycles. The van der Waals surface area contributed by atoms with Crippen LogP contribution in [-0.4, -0.2) is 16.9 Å². The van der Waals surface area contributed by atoms with E-state index >= 15 is 0 Å². The van der Waals surface area contributed by atoms with Crippen molar-refractivity contribution in [3.8, 4) is 0 Å². The van der Waals surface area contributed by atoms with Gasteiger partial charge in [-0.25, -0.2) is 0 Å². The minimum absolute atomic E-state index is 0.170. The average Bonchev–Trinajstić information content (AvgIpc) is 1.85. The molecule has 0 aromatic carbocycles. The first-order chi connectivity index (χ1) is 4.66. The van der Waals surface area contributed by atoms with Crippen molar-refractivity contribution in [3.63, 3.8) is 0 Å². The van der Waals surface area contributed by atoms with Crippen LogP contribution < -0.4 is 5.32 Å². The van der Waals surface area contributed by atoms with E-state index in [-0.39, 0.29) is 5.91 Å². The highest BCUT2D eigenvalue weighted by molar-refractivity contribution is 14.1. The van der Waals surface area contributed by atoms with Crippen LogP contribution in [0.4, 0.5) is 0 Å². The topological polar surface area (TPSA) is 29.1 Å². The van der Waals surface area contributed by atoms with Crippen molar-refractivity contribution < 1.29 is 4.79 Å². The summed E-state index contributed by atoms with van der Waals surface area (Å²) in [5, 5.41) is 2.84. The lowest BCUT2D eigenvalue weighted by atomic mass is 10.2. The maximum atomic E-state index is 10.8. The molecule has 0 heterocycles. The molecule has 0 saturated heterocycles. The van der Waals surface area contributed by atoms with Gasteiger partial charge in [-0.2, -0.15) is 0 Å². The third-order valence-corrected chi connectivity index (χ3v) is 1.57. The summed E-state index contributed by atoms with van der Waals surface area (Å²) in [5.41, 5.74) is 0. The summed E-state index contributed by atoms with van der Waals surface area (Å²) in [7, 11) is 0. The van der Waals surface area contributed by atoms with E-state index in [1.54, 1.807) is 0 Å². The molecule has 0 aliphatic rings. The van der Waals surface area contributed by atoms with Crippen LogP contribution in [0.3, 0.4) is 0 Å². The number of amides is 1. The summed E-state index contributed by atoms with van der Waals surface area (Å²) in [6.45, 7) is 4.98. The van der Waals surface area contributed by atoms with Crippen molar-refractivity contribution in [1.82, 2.24) is 5.32 Å². The molecule has 0 radical (unpaired) electrons. The molecule has 0 aromatic heterocycles. The van der Waals surface area contributed by atoms with Gasteiger partial charge in [-0.3, -0.25) is 4.79 Å². The van der Waals surface area contributed by atoms with Crippen molar-refractivity contribution in [2.24, 2.45) is 5.92 Å². The smallest absolute Gasteiger partial charge is 0.220 e. The van der Waals surface area contributed by atoms with Crippen molar-refractivity contribution in [2.75, 3.05) is 11.0 Å². The molecular formula is C7H14INO. The molecule has 0 spiro atoms. The molecular weight excluding hydrogens is 241 g/mol. The van der Waals surface area contributed by atoms with E-state index in [2.05, 4.69) is 41.8 Å². The van der Waals surface area contributed by atoms with E-state index in [1.165, 1.54) is 0 Å². The van der Waals surface area contributed by atoms with E-state index in [4.69, 9.17) is 0 Å². The molecule has 0 fully saturated rings. The van der Waals surface area contributed by atoms with Gasteiger partial charge in [0, 0.05) is 17.4 Å². The molecule has 1 N–H and O–H groups in total. The quantitative estimate of drug-likeness (QED) is 0.599. The zero-order valence-corrected chi connectivity index (χ0v) is 8.64. The Morgan fingerprint density at radius 1 is 1.60 bits per heavy atom. The zero-order chi connectivity index (χ0) is 7.98. The number of hydrogen-bond acceptors (Lipinski definition) is 1. The minimum atomic E-state index is 0.170. The van der Waals surface area contributed by atoms with Gasteiger partial charge < -0.3 is 5.32 Å². The van der Waals surface area contributed by atoms with Crippen LogP contribution in [0.5, 0.6) is 0 Å². The van der Waals surface area contributed by atoms with E-state index < -0.39 is 0 Å². The first kappa shape index (κ1) is 10.2. The molecule has 0 unspecified atom stereocenters. The van der Waals surface area contributed by atoms with Crippen LogP contribution in [0.25, 0.3) is 0 Å². The number of rotatable bonds is 4. The third-order valence-electron chi connectivity index (χ3n) is 1.03. The number of nitrogens with one attached hydrogen (secondary N) is 1. The van der Waals surface area contributed by atoms with Gasteiger partial charge in [0.2, 0.25) is 5.91 Å². The van der Waals surface area contributed by atoms with Crippen LogP contribution >= 0.6 is 22.6 Å². The van der Waals surface area contributed by atoms with Gasteiger partial charge in [-0.1, -0.05) is 36.4 Å². The lowest BCUT2D eigenvalue weighted by Crippen LogP contribution is -2.27.